The van der Waals surface area contributed by atoms with Crippen LogP contribution in [0.5, 0.6) is 0 Å². The van der Waals surface area contributed by atoms with Gasteiger partial charge in [-0.15, -0.1) is 11.6 Å². The summed E-state index contributed by atoms with van der Waals surface area (Å²) in [5, 5.41) is 0. The summed E-state index contributed by atoms with van der Waals surface area (Å²) < 4.78 is 25.7. The van der Waals surface area contributed by atoms with Gasteiger partial charge in [0.25, 0.3) is 0 Å². The lowest BCUT2D eigenvalue weighted by Crippen LogP contribution is -2.47. The first kappa shape index (κ1) is 16.2. The van der Waals surface area contributed by atoms with Gasteiger partial charge in [-0.1, -0.05) is 0 Å². The zero-order valence-electron chi connectivity index (χ0n) is 11.6. The Balaban J connectivity index is 2.51. The third kappa shape index (κ3) is 4.37. The molecule has 0 spiro atoms. The highest BCUT2D eigenvalue weighted by Gasteiger charge is 2.29. The van der Waals surface area contributed by atoms with E-state index in [1.165, 1.54) is 0 Å². The molecule has 0 aromatic heterocycles. The van der Waals surface area contributed by atoms with Crippen LogP contribution in [0.4, 0.5) is 0 Å². The van der Waals surface area contributed by atoms with Gasteiger partial charge in [-0.25, -0.2) is 12.7 Å². The molecule has 0 aromatic rings. The fourth-order valence-corrected chi connectivity index (χ4v) is 4.13. The Morgan fingerprint density at radius 1 is 1.33 bits per heavy atom. The Hall–Kier alpha value is 0.160. The van der Waals surface area contributed by atoms with Crippen LogP contribution >= 0.6 is 11.6 Å². The topological polar surface area (TPSA) is 40.6 Å². The average Bonchev–Trinajstić information content (AvgIpc) is 2.35. The van der Waals surface area contributed by atoms with Crippen molar-refractivity contribution in [3.05, 3.63) is 0 Å². The first-order valence-corrected chi connectivity index (χ1v) is 8.78. The van der Waals surface area contributed by atoms with Crippen molar-refractivity contribution in [2.45, 2.75) is 45.2 Å². The van der Waals surface area contributed by atoms with Crippen molar-refractivity contribution in [3.63, 3.8) is 0 Å². The molecule has 1 rings (SSSR count). The molecule has 0 unspecified atom stereocenters. The summed E-state index contributed by atoms with van der Waals surface area (Å²) >= 11 is 5.56. The monoisotopic (exact) mass is 296 g/mol. The van der Waals surface area contributed by atoms with E-state index in [4.69, 9.17) is 11.6 Å². The molecule has 0 amide bonds. The zero-order chi connectivity index (χ0) is 13.8. The van der Waals surface area contributed by atoms with Gasteiger partial charge in [0, 0.05) is 25.0 Å². The zero-order valence-corrected chi connectivity index (χ0v) is 13.2. The summed E-state index contributed by atoms with van der Waals surface area (Å²) in [7, 11) is -1.42. The van der Waals surface area contributed by atoms with Crippen LogP contribution in [0.15, 0.2) is 0 Å². The van der Waals surface area contributed by atoms with E-state index in [-0.39, 0.29) is 11.8 Å². The third-order valence-electron chi connectivity index (χ3n) is 3.72. The molecule has 0 bridgehead atoms. The van der Waals surface area contributed by atoms with Gasteiger partial charge >= 0.3 is 0 Å². The van der Waals surface area contributed by atoms with Crippen LogP contribution in [0.1, 0.15) is 33.1 Å². The number of piperidine rings is 1. The lowest BCUT2D eigenvalue weighted by molar-refractivity contribution is 0.140. The fraction of sp³-hybridized carbons (Fsp3) is 1.00. The standard InChI is InChI=1S/C12H25ClN2O2S/c1-11(2)15-8-5-12(6-9-15)14(3)18(16,17)10-4-7-13/h11-12H,4-10H2,1-3H3. The van der Waals surface area contributed by atoms with E-state index in [2.05, 4.69) is 18.7 Å². The van der Waals surface area contributed by atoms with Crippen molar-refractivity contribution in [1.82, 2.24) is 9.21 Å². The second-order valence-electron chi connectivity index (χ2n) is 5.24. The van der Waals surface area contributed by atoms with E-state index >= 15 is 0 Å². The fourth-order valence-electron chi connectivity index (χ4n) is 2.37. The lowest BCUT2D eigenvalue weighted by atomic mass is 10.0. The maximum absolute atomic E-state index is 12.1. The Labute approximate surface area is 116 Å². The molecule has 1 aliphatic rings. The second kappa shape index (κ2) is 7.08. The molecule has 1 saturated heterocycles. The highest BCUT2D eigenvalue weighted by Crippen LogP contribution is 2.20. The van der Waals surface area contributed by atoms with Crippen LogP contribution in [0.3, 0.4) is 0 Å². The lowest BCUT2D eigenvalue weighted by Gasteiger charge is -2.38. The average molecular weight is 297 g/mol. The third-order valence-corrected chi connectivity index (χ3v) is 5.97. The SMILES string of the molecule is CC(C)N1CCC(N(C)S(=O)(=O)CCCCl)CC1. The molecule has 0 atom stereocenters. The molecule has 1 aliphatic heterocycles. The van der Waals surface area contributed by atoms with Crippen molar-refractivity contribution >= 4 is 21.6 Å². The van der Waals surface area contributed by atoms with Gasteiger partial charge in [0.15, 0.2) is 0 Å². The van der Waals surface area contributed by atoms with Crippen molar-refractivity contribution in [2.24, 2.45) is 0 Å². The van der Waals surface area contributed by atoms with Gasteiger partial charge in [0.05, 0.1) is 5.75 Å². The molecule has 0 radical (unpaired) electrons. The quantitative estimate of drug-likeness (QED) is 0.701. The summed E-state index contributed by atoms with van der Waals surface area (Å²) in [5.41, 5.74) is 0. The van der Waals surface area contributed by atoms with E-state index < -0.39 is 10.0 Å². The number of nitrogens with zero attached hydrogens (tertiary/aromatic N) is 2. The molecule has 0 saturated carbocycles. The first-order chi connectivity index (χ1) is 8.38. The molecule has 18 heavy (non-hydrogen) atoms. The van der Waals surface area contributed by atoms with E-state index in [1.807, 2.05) is 0 Å². The molecular weight excluding hydrogens is 272 g/mol. The molecule has 0 N–H and O–H groups in total. The minimum Gasteiger partial charge on any atom is -0.301 e. The van der Waals surface area contributed by atoms with E-state index in [0.717, 1.165) is 25.9 Å². The predicted octanol–water partition coefficient (Wildman–Crippen LogP) is 1.75. The van der Waals surface area contributed by atoms with Crippen LogP contribution in [-0.4, -0.2) is 61.5 Å². The molecule has 1 fully saturated rings. The number of alkyl halides is 1. The molecule has 0 aromatic carbocycles. The second-order valence-corrected chi connectivity index (χ2v) is 7.76. The number of likely N-dealkylation sites (tertiary alicyclic amines) is 1. The predicted molar refractivity (Wildman–Crippen MR) is 76.6 cm³/mol. The molecule has 6 heteroatoms. The van der Waals surface area contributed by atoms with E-state index in [1.54, 1.807) is 11.4 Å². The van der Waals surface area contributed by atoms with Crippen LogP contribution < -0.4 is 0 Å². The minimum atomic E-state index is -3.13. The Kier molecular flexibility index (Phi) is 6.38. The van der Waals surface area contributed by atoms with E-state index in [0.29, 0.717) is 18.3 Å². The smallest absolute Gasteiger partial charge is 0.214 e. The maximum Gasteiger partial charge on any atom is 0.214 e. The Bertz CT molecular complexity index is 338. The number of hydrogen-bond donors (Lipinski definition) is 0. The van der Waals surface area contributed by atoms with Crippen LogP contribution in [0, 0.1) is 0 Å². The summed E-state index contributed by atoms with van der Waals surface area (Å²) in [6.07, 6.45) is 2.38. The van der Waals surface area contributed by atoms with Gasteiger partial charge in [-0.05, 0) is 46.2 Å². The normalized spacial score (nSPS) is 19.9. The van der Waals surface area contributed by atoms with Crippen molar-refractivity contribution in [2.75, 3.05) is 31.8 Å². The molecule has 108 valence electrons. The van der Waals surface area contributed by atoms with Crippen LogP contribution in [0.25, 0.3) is 0 Å². The summed E-state index contributed by atoms with van der Waals surface area (Å²) in [6, 6.07) is 0.699. The molecular formula is C12H25ClN2O2S. The van der Waals surface area contributed by atoms with Crippen molar-refractivity contribution in [3.8, 4) is 0 Å². The molecule has 0 aliphatic carbocycles. The van der Waals surface area contributed by atoms with E-state index in [9.17, 15) is 8.42 Å². The first-order valence-electron chi connectivity index (χ1n) is 6.64. The van der Waals surface area contributed by atoms with Gasteiger partial charge in [0.2, 0.25) is 10.0 Å². The largest absolute Gasteiger partial charge is 0.301 e. The Morgan fingerprint density at radius 3 is 2.33 bits per heavy atom. The van der Waals surface area contributed by atoms with Gasteiger partial charge in [-0.2, -0.15) is 0 Å². The number of sulfonamides is 1. The summed E-state index contributed by atoms with van der Waals surface area (Å²) in [6.45, 7) is 6.33. The number of halogens is 1. The van der Waals surface area contributed by atoms with Crippen LogP contribution in [0.2, 0.25) is 0 Å². The number of hydrogen-bond acceptors (Lipinski definition) is 3. The molecule has 4 nitrogen and oxygen atoms in total. The highest BCUT2D eigenvalue weighted by molar-refractivity contribution is 7.89. The number of rotatable bonds is 6. The highest BCUT2D eigenvalue weighted by atomic mass is 35.5. The maximum atomic E-state index is 12.1. The van der Waals surface area contributed by atoms with Crippen LogP contribution in [-0.2, 0) is 10.0 Å². The van der Waals surface area contributed by atoms with Gasteiger partial charge in [0.1, 0.15) is 0 Å². The van der Waals surface area contributed by atoms with Crippen molar-refractivity contribution < 1.29 is 8.42 Å². The van der Waals surface area contributed by atoms with Gasteiger partial charge < -0.3 is 4.90 Å². The summed E-state index contributed by atoms with van der Waals surface area (Å²) in [5.74, 6) is 0.566. The Morgan fingerprint density at radius 2 is 1.89 bits per heavy atom. The minimum absolute atomic E-state index is 0.153. The van der Waals surface area contributed by atoms with Crippen molar-refractivity contribution in [1.29, 1.82) is 0 Å². The van der Waals surface area contributed by atoms with Gasteiger partial charge in [-0.3, -0.25) is 0 Å². The molecule has 1 heterocycles. The summed E-state index contributed by atoms with van der Waals surface area (Å²) in [4.78, 5) is 2.40.